The van der Waals surface area contributed by atoms with Crippen molar-refractivity contribution in [2.75, 3.05) is 20.7 Å². The molecule has 1 aromatic heterocycles. The maximum absolute atomic E-state index is 5.29. The fourth-order valence-corrected chi connectivity index (χ4v) is 1.91. The van der Waals surface area contributed by atoms with E-state index in [-0.39, 0.29) is 0 Å². The molecule has 0 atom stereocenters. The van der Waals surface area contributed by atoms with Crippen molar-refractivity contribution >= 4 is 5.96 Å². The molecule has 0 radical (unpaired) electrons. The number of aliphatic imine (C=N–C) groups is 1. The molecular weight excluding hydrogens is 266 g/mol. The van der Waals surface area contributed by atoms with Crippen LogP contribution >= 0.6 is 0 Å². The molecule has 0 saturated heterocycles. The van der Waals surface area contributed by atoms with E-state index in [1.165, 1.54) is 5.56 Å². The molecule has 0 fully saturated rings. The number of nitrogens with zero attached hydrogens (tertiary/aromatic N) is 1. The maximum Gasteiger partial charge on any atom is 0.191 e. The van der Waals surface area contributed by atoms with Crippen molar-refractivity contribution in [1.82, 2.24) is 10.6 Å². The molecule has 2 N–H and O–H groups in total. The molecule has 21 heavy (non-hydrogen) atoms. The molecule has 1 heterocycles. The molecule has 1 aromatic carbocycles. The molecule has 5 heteroatoms. The van der Waals surface area contributed by atoms with Crippen LogP contribution in [0.2, 0.25) is 0 Å². The molecule has 2 aromatic rings. The lowest BCUT2D eigenvalue weighted by Crippen LogP contribution is -2.37. The first-order valence-corrected chi connectivity index (χ1v) is 6.91. The van der Waals surface area contributed by atoms with E-state index in [1.54, 1.807) is 20.4 Å². The average molecular weight is 287 g/mol. The second-order valence-corrected chi connectivity index (χ2v) is 4.53. The minimum atomic E-state index is 0.713. The highest BCUT2D eigenvalue weighted by Gasteiger charge is 2.00. The molecule has 5 nitrogen and oxygen atoms in total. The Morgan fingerprint density at radius 3 is 2.62 bits per heavy atom. The minimum Gasteiger partial charge on any atom is -0.497 e. The van der Waals surface area contributed by atoms with Crippen LogP contribution in [-0.2, 0) is 13.0 Å². The summed E-state index contributed by atoms with van der Waals surface area (Å²) >= 11 is 0. The van der Waals surface area contributed by atoms with Gasteiger partial charge in [-0.25, -0.2) is 0 Å². The summed E-state index contributed by atoms with van der Waals surface area (Å²) in [5, 5.41) is 6.53. The molecule has 2 rings (SSSR count). The van der Waals surface area contributed by atoms with Crippen LogP contribution in [0.25, 0.3) is 0 Å². The van der Waals surface area contributed by atoms with Gasteiger partial charge >= 0.3 is 0 Å². The summed E-state index contributed by atoms with van der Waals surface area (Å²) in [5.41, 5.74) is 1.17. The number of benzene rings is 1. The van der Waals surface area contributed by atoms with E-state index >= 15 is 0 Å². The largest absolute Gasteiger partial charge is 0.497 e. The number of ether oxygens (including phenoxy) is 1. The molecular formula is C16H21N3O2. The van der Waals surface area contributed by atoms with E-state index in [9.17, 15) is 0 Å². The van der Waals surface area contributed by atoms with Crippen LogP contribution < -0.4 is 15.4 Å². The predicted octanol–water partition coefficient (Wildman–Crippen LogP) is 2.20. The zero-order chi connectivity index (χ0) is 14.9. The normalized spacial score (nSPS) is 11.2. The third-order valence-corrected chi connectivity index (χ3v) is 3.09. The number of guanidine groups is 1. The van der Waals surface area contributed by atoms with Crippen molar-refractivity contribution in [2.24, 2.45) is 4.99 Å². The molecule has 0 spiro atoms. The quantitative estimate of drug-likeness (QED) is 0.631. The van der Waals surface area contributed by atoms with Gasteiger partial charge in [-0.05, 0) is 29.8 Å². The highest BCUT2D eigenvalue weighted by Crippen LogP contribution is 2.10. The van der Waals surface area contributed by atoms with E-state index < -0.39 is 0 Å². The van der Waals surface area contributed by atoms with Crippen molar-refractivity contribution < 1.29 is 9.15 Å². The first-order chi connectivity index (χ1) is 10.3. The summed E-state index contributed by atoms with van der Waals surface area (Å²) in [5.74, 6) is 2.60. The van der Waals surface area contributed by atoms with Gasteiger partial charge in [0.1, 0.15) is 11.5 Å². The molecule has 0 saturated carbocycles. The summed E-state index contributed by atoms with van der Waals surface area (Å²) in [6, 6.07) is 11.8. The number of hydrogen-bond donors (Lipinski definition) is 2. The molecule has 0 aliphatic rings. The van der Waals surface area contributed by atoms with Gasteiger partial charge < -0.3 is 19.8 Å². The van der Waals surface area contributed by atoms with Crippen LogP contribution in [-0.4, -0.2) is 26.7 Å². The highest BCUT2D eigenvalue weighted by atomic mass is 16.5. The lowest BCUT2D eigenvalue weighted by atomic mass is 10.2. The Kier molecular flexibility index (Phi) is 5.70. The first-order valence-electron chi connectivity index (χ1n) is 6.91. The van der Waals surface area contributed by atoms with E-state index in [2.05, 4.69) is 15.6 Å². The fourth-order valence-electron chi connectivity index (χ4n) is 1.91. The maximum atomic E-state index is 5.29. The smallest absolute Gasteiger partial charge is 0.191 e. The number of furan rings is 1. The molecule has 0 bridgehead atoms. The van der Waals surface area contributed by atoms with Crippen LogP contribution in [0.5, 0.6) is 5.75 Å². The topological polar surface area (TPSA) is 58.8 Å². The monoisotopic (exact) mass is 287 g/mol. The van der Waals surface area contributed by atoms with Crippen molar-refractivity contribution in [2.45, 2.75) is 13.0 Å². The Morgan fingerprint density at radius 1 is 1.19 bits per heavy atom. The molecule has 0 unspecified atom stereocenters. The lowest BCUT2D eigenvalue weighted by Gasteiger charge is -2.11. The van der Waals surface area contributed by atoms with Crippen LogP contribution in [0.3, 0.4) is 0 Å². The summed E-state index contributed by atoms with van der Waals surface area (Å²) < 4.78 is 10.4. The zero-order valence-electron chi connectivity index (χ0n) is 12.4. The fraction of sp³-hybridized carbons (Fsp3) is 0.312. The van der Waals surface area contributed by atoms with Crippen molar-refractivity contribution in [1.29, 1.82) is 0 Å². The predicted molar refractivity (Wildman–Crippen MR) is 83.6 cm³/mol. The van der Waals surface area contributed by atoms with Crippen molar-refractivity contribution in [3.63, 3.8) is 0 Å². The van der Waals surface area contributed by atoms with Gasteiger partial charge in [-0.15, -0.1) is 0 Å². The standard InChI is InChI=1S/C16H21N3O2/c1-17-16(18-10-9-15-4-3-11-21-15)19-12-13-5-7-14(20-2)8-6-13/h3-8,11H,9-10,12H2,1-2H3,(H2,17,18,19). The number of methoxy groups -OCH3 is 1. The summed E-state index contributed by atoms with van der Waals surface area (Å²) in [4.78, 5) is 4.19. The van der Waals surface area contributed by atoms with Gasteiger partial charge in [-0.3, -0.25) is 4.99 Å². The van der Waals surface area contributed by atoms with Crippen LogP contribution in [0, 0.1) is 0 Å². The minimum absolute atomic E-state index is 0.713. The number of nitrogens with one attached hydrogen (secondary N) is 2. The third-order valence-electron chi connectivity index (χ3n) is 3.09. The summed E-state index contributed by atoms with van der Waals surface area (Å²) in [6.45, 7) is 1.49. The second kappa shape index (κ2) is 7.99. The van der Waals surface area contributed by atoms with Gasteiger partial charge in [0.2, 0.25) is 0 Å². The van der Waals surface area contributed by atoms with Gasteiger partial charge in [0.15, 0.2) is 5.96 Å². The molecule has 0 aliphatic heterocycles. The molecule has 112 valence electrons. The van der Waals surface area contributed by atoms with Gasteiger partial charge in [0, 0.05) is 26.6 Å². The Hall–Kier alpha value is -2.43. The molecule has 0 amide bonds. The summed E-state index contributed by atoms with van der Waals surface area (Å²) in [7, 11) is 3.42. The number of hydrogen-bond acceptors (Lipinski definition) is 3. The van der Waals surface area contributed by atoms with E-state index in [1.807, 2.05) is 36.4 Å². The molecule has 0 aliphatic carbocycles. The van der Waals surface area contributed by atoms with Crippen LogP contribution in [0.1, 0.15) is 11.3 Å². The first kappa shape index (κ1) is 15.0. The highest BCUT2D eigenvalue weighted by molar-refractivity contribution is 5.79. The zero-order valence-corrected chi connectivity index (χ0v) is 12.4. The lowest BCUT2D eigenvalue weighted by molar-refractivity contribution is 0.414. The third kappa shape index (κ3) is 4.87. The Bertz CT molecular complexity index is 547. The second-order valence-electron chi connectivity index (χ2n) is 4.53. The van der Waals surface area contributed by atoms with Crippen LogP contribution in [0.4, 0.5) is 0 Å². The van der Waals surface area contributed by atoms with Crippen molar-refractivity contribution in [3.8, 4) is 5.75 Å². The van der Waals surface area contributed by atoms with E-state index in [0.29, 0.717) is 6.54 Å². The SMILES string of the molecule is CN=C(NCCc1ccco1)NCc1ccc(OC)cc1. The van der Waals surface area contributed by atoms with Crippen molar-refractivity contribution in [3.05, 3.63) is 54.0 Å². The Labute approximate surface area is 125 Å². The van der Waals surface area contributed by atoms with E-state index in [0.717, 1.165) is 30.4 Å². The van der Waals surface area contributed by atoms with Gasteiger partial charge in [-0.2, -0.15) is 0 Å². The van der Waals surface area contributed by atoms with Gasteiger partial charge in [0.05, 0.1) is 13.4 Å². The van der Waals surface area contributed by atoms with Gasteiger partial charge in [0.25, 0.3) is 0 Å². The van der Waals surface area contributed by atoms with Crippen LogP contribution in [0.15, 0.2) is 52.1 Å². The van der Waals surface area contributed by atoms with E-state index in [4.69, 9.17) is 9.15 Å². The Balaban J connectivity index is 1.74. The van der Waals surface area contributed by atoms with Gasteiger partial charge in [-0.1, -0.05) is 12.1 Å². The Morgan fingerprint density at radius 2 is 2.00 bits per heavy atom. The average Bonchev–Trinajstić information content (AvgIpc) is 3.04. The number of rotatable bonds is 6. The summed E-state index contributed by atoms with van der Waals surface area (Å²) in [6.07, 6.45) is 2.52.